The van der Waals surface area contributed by atoms with E-state index in [1.165, 1.54) is 5.56 Å². The number of hydrogen-bond donors (Lipinski definition) is 2. The number of fused-ring (bicyclic) bond motifs is 1. The minimum absolute atomic E-state index is 0.169. The number of hydrogen-bond acceptors (Lipinski definition) is 4. The van der Waals surface area contributed by atoms with Gasteiger partial charge < -0.3 is 20.2 Å². The van der Waals surface area contributed by atoms with E-state index in [1.54, 1.807) is 18.2 Å². The molecule has 6 heteroatoms. The van der Waals surface area contributed by atoms with Crippen LogP contribution < -0.4 is 15.8 Å². The van der Waals surface area contributed by atoms with Crippen LogP contribution in [0.25, 0.3) is 5.65 Å². The molecule has 0 aliphatic heterocycles. The molecule has 0 saturated carbocycles. The van der Waals surface area contributed by atoms with Gasteiger partial charge in [-0.1, -0.05) is 12.1 Å². The Balaban J connectivity index is 1.65. The third-order valence-corrected chi connectivity index (χ3v) is 3.84. The maximum Gasteiger partial charge on any atom is 0.251 e. The Hall–Kier alpha value is -2.86. The Morgan fingerprint density at radius 3 is 2.85 bits per heavy atom. The summed E-state index contributed by atoms with van der Waals surface area (Å²) >= 11 is 0. The zero-order valence-corrected chi connectivity index (χ0v) is 15.3. The lowest BCUT2D eigenvalue weighted by atomic mass is 10.1. The fourth-order valence-electron chi connectivity index (χ4n) is 2.52. The van der Waals surface area contributed by atoms with Crippen molar-refractivity contribution in [1.82, 2.24) is 14.7 Å². The first-order valence-electron chi connectivity index (χ1n) is 8.54. The molecule has 0 saturated heterocycles. The number of nitrogens with zero attached hydrogens (tertiary/aromatic N) is 2. The van der Waals surface area contributed by atoms with Gasteiger partial charge in [-0.05, 0) is 50.6 Å². The van der Waals surface area contributed by atoms with Crippen molar-refractivity contribution in [2.45, 2.75) is 32.9 Å². The number of aromatic nitrogens is 2. The summed E-state index contributed by atoms with van der Waals surface area (Å²) in [4.78, 5) is 16.8. The van der Waals surface area contributed by atoms with Crippen molar-refractivity contribution in [3.05, 3.63) is 65.6 Å². The average Bonchev–Trinajstić information content (AvgIpc) is 2.99. The van der Waals surface area contributed by atoms with E-state index in [-0.39, 0.29) is 5.91 Å². The number of pyridine rings is 1. The largest absolute Gasteiger partial charge is 0.487 e. The number of carbonyl (C=O) groups excluding carboxylic acids is 1. The van der Waals surface area contributed by atoms with Crippen LogP contribution in [0.5, 0.6) is 5.75 Å². The van der Waals surface area contributed by atoms with Crippen LogP contribution in [0.2, 0.25) is 0 Å². The number of amides is 1. The summed E-state index contributed by atoms with van der Waals surface area (Å²) in [5, 5.41) is 2.83. The van der Waals surface area contributed by atoms with E-state index in [0.29, 0.717) is 24.5 Å². The third-order valence-electron chi connectivity index (χ3n) is 3.84. The van der Waals surface area contributed by atoms with E-state index in [0.717, 1.165) is 11.3 Å². The second-order valence-corrected chi connectivity index (χ2v) is 7.19. The summed E-state index contributed by atoms with van der Waals surface area (Å²) in [6, 6.07) is 11.1. The summed E-state index contributed by atoms with van der Waals surface area (Å²) < 4.78 is 7.79. The molecule has 0 atom stereocenters. The molecule has 0 spiro atoms. The zero-order chi connectivity index (χ0) is 18.7. The Morgan fingerprint density at radius 2 is 2.08 bits per heavy atom. The molecular weight excluding hydrogens is 328 g/mol. The van der Waals surface area contributed by atoms with Crippen LogP contribution in [0.15, 0.2) is 48.8 Å². The molecule has 6 nitrogen and oxygen atoms in total. The van der Waals surface area contributed by atoms with Crippen LogP contribution in [-0.2, 0) is 6.61 Å². The number of benzene rings is 1. The number of nitrogens with one attached hydrogen (secondary N) is 1. The summed E-state index contributed by atoms with van der Waals surface area (Å²) in [5.74, 6) is 0.454. The molecule has 26 heavy (non-hydrogen) atoms. The first-order valence-corrected chi connectivity index (χ1v) is 8.54. The molecule has 3 N–H and O–H groups in total. The van der Waals surface area contributed by atoms with E-state index < -0.39 is 5.54 Å². The van der Waals surface area contributed by atoms with Gasteiger partial charge in [0.2, 0.25) is 0 Å². The maximum absolute atomic E-state index is 12.2. The highest BCUT2D eigenvalue weighted by atomic mass is 16.5. The highest BCUT2D eigenvalue weighted by molar-refractivity contribution is 5.94. The summed E-state index contributed by atoms with van der Waals surface area (Å²) in [7, 11) is 0. The van der Waals surface area contributed by atoms with E-state index in [2.05, 4.69) is 10.3 Å². The Bertz CT molecular complexity index is 925. The summed E-state index contributed by atoms with van der Waals surface area (Å²) in [6.07, 6.45) is 3.97. The highest BCUT2D eigenvalue weighted by Gasteiger charge is 2.14. The van der Waals surface area contributed by atoms with Gasteiger partial charge in [0.25, 0.3) is 5.91 Å². The topological polar surface area (TPSA) is 81.6 Å². The monoisotopic (exact) mass is 352 g/mol. The molecular formula is C20H24N4O2. The minimum Gasteiger partial charge on any atom is -0.487 e. The van der Waals surface area contributed by atoms with Crippen molar-refractivity contribution in [2.24, 2.45) is 5.73 Å². The van der Waals surface area contributed by atoms with Crippen LogP contribution >= 0.6 is 0 Å². The van der Waals surface area contributed by atoms with Crippen molar-refractivity contribution in [1.29, 1.82) is 0 Å². The van der Waals surface area contributed by atoms with Crippen molar-refractivity contribution in [3.8, 4) is 5.75 Å². The van der Waals surface area contributed by atoms with Crippen LogP contribution in [-0.4, -0.2) is 27.4 Å². The van der Waals surface area contributed by atoms with Gasteiger partial charge in [-0.15, -0.1) is 0 Å². The molecule has 1 aromatic carbocycles. The van der Waals surface area contributed by atoms with Gasteiger partial charge in [0.1, 0.15) is 18.0 Å². The van der Waals surface area contributed by atoms with Gasteiger partial charge >= 0.3 is 0 Å². The van der Waals surface area contributed by atoms with Crippen LogP contribution in [0.3, 0.4) is 0 Å². The number of nitrogens with two attached hydrogens (primary N) is 1. The number of ether oxygens (including phenoxy) is 1. The molecule has 2 aromatic heterocycles. The second-order valence-electron chi connectivity index (χ2n) is 7.19. The zero-order valence-electron chi connectivity index (χ0n) is 15.3. The Morgan fingerprint density at radius 1 is 1.27 bits per heavy atom. The number of aryl methyl sites for hydroxylation is 1. The normalized spacial score (nSPS) is 11.5. The Kier molecular flexibility index (Phi) is 4.95. The van der Waals surface area contributed by atoms with Crippen molar-refractivity contribution < 1.29 is 9.53 Å². The van der Waals surface area contributed by atoms with Crippen LogP contribution in [0.4, 0.5) is 0 Å². The van der Waals surface area contributed by atoms with Gasteiger partial charge in [0.15, 0.2) is 0 Å². The van der Waals surface area contributed by atoms with Crippen LogP contribution in [0.1, 0.15) is 35.5 Å². The lowest BCUT2D eigenvalue weighted by Gasteiger charge is -2.19. The van der Waals surface area contributed by atoms with Gasteiger partial charge in [-0.25, -0.2) is 4.98 Å². The minimum atomic E-state index is -0.453. The molecule has 0 aliphatic carbocycles. The van der Waals surface area contributed by atoms with Crippen molar-refractivity contribution in [3.63, 3.8) is 0 Å². The van der Waals surface area contributed by atoms with Crippen molar-refractivity contribution >= 4 is 11.6 Å². The SMILES string of the molecule is Cc1ccc2nc(COc3cccc(C(=O)NCC(C)(C)N)c3)cn2c1. The van der Waals surface area contributed by atoms with Gasteiger partial charge in [0, 0.05) is 30.0 Å². The van der Waals surface area contributed by atoms with Gasteiger partial charge in [-0.3, -0.25) is 4.79 Å². The van der Waals surface area contributed by atoms with Gasteiger partial charge in [-0.2, -0.15) is 0 Å². The molecule has 2 heterocycles. The second kappa shape index (κ2) is 7.17. The molecule has 0 fully saturated rings. The van der Waals surface area contributed by atoms with E-state index >= 15 is 0 Å². The van der Waals surface area contributed by atoms with E-state index in [9.17, 15) is 4.79 Å². The molecule has 3 aromatic rings. The van der Waals surface area contributed by atoms with Crippen LogP contribution in [0, 0.1) is 6.92 Å². The Labute approximate surface area is 153 Å². The predicted molar refractivity (Wildman–Crippen MR) is 101 cm³/mol. The standard InChI is InChI=1S/C20H24N4O2/c1-14-7-8-18-23-16(11-24(18)10-14)12-26-17-6-4-5-15(9-17)19(25)22-13-20(2,3)21/h4-11H,12-13,21H2,1-3H3,(H,22,25). The first kappa shape index (κ1) is 17.9. The number of imidazole rings is 1. The lowest BCUT2D eigenvalue weighted by Crippen LogP contribution is -2.45. The molecule has 3 rings (SSSR count). The fourth-order valence-corrected chi connectivity index (χ4v) is 2.52. The summed E-state index contributed by atoms with van der Waals surface area (Å²) in [6.45, 7) is 6.50. The molecule has 136 valence electrons. The molecule has 0 unspecified atom stereocenters. The fraction of sp³-hybridized carbons (Fsp3) is 0.300. The summed E-state index contributed by atoms with van der Waals surface area (Å²) in [5.41, 5.74) is 8.86. The van der Waals surface area contributed by atoms with E-state index in [4.69, 9.17) is 10.5 Å². The molecule has 0 aliphatic rings. The van der Waals surface area contributed by atoms with Crippen molar-refractivity contribution in [2.75, 3.05) is 6.54 Å². The molecule has 0 bridgehead atoms. The third kappa shape index (κ3) is 4.61. The lowest BCUT2D eigenvalue weighted by molar-refractivity contribution is 0.0945. The smallest absolute Gasteiger partial charge is 0.251 e. The van der Waals surface area contributed by atoms with E-state index in [1.807, 2.05) is 55.8 Å². The predicted octanol–water partition coefficient (Wildman–Crippen LogP) is 2.69. The number of rotatable bonds is 6. The highest BCUT2D eigenvalue weighted by Crippen LogP contribution is 2.16. The van der Waals surface area contributed by atoms with Gasteiger partial charge in [0.05, 0.1) is 5.69 Å². The number of carbonyl (C=O) groups is 1. The maximum atomic E-state index is 12.2. The average molecular weight is 352 g/mol. The quantitative estimate of drug-likeness (QED) is 0.715. The molecule has 1 amide bonds. The first-order chi connectivity index (χ1) is 12.3. The molecule has 0 radical (unpaired) electrons.